The van der Waals surface area contributed by atoms with Gasteiger partial charge in [0.05, 0.1) is 0 Å². The summed E-state index contributed by atoms with van der Waals surface area (Å²) in [4.78, 5) is 2.13. The zero-order valence-corrected chi connectivity index (χ0v) is 5.70. The van der Waals surface area contributed by atoms with Gasteiger partial charge in [-0.3, -0.25) is 0 Å². The van der Waals surface area contributed by atoms with Crippen LogP contribution in [-0.2, 0) is 0 Å². The molecule has 0 aromatic carbocycles. The first-order valence-electron chi connectivity index (χ1n) is 2.48. The molecule has 48 valence electrons. The molecule has 0 aliphatic heterocycles. The fourth-order valence-electron chi connectivity index (χ4n) is 0.376. The normalized spacial score (nSPS) is 9.00. The molecular formula is C5H14ClMgN. The Labute approximate surface area is 72.5 Å². The van der Waals surface area contributed by atoms with E-state index in [2.05, 4.69) is 4.90 Å². The summed E-state index contributed by atoms with van der Waals surface area (Å²) < 4.78 is 0. The first-order chi connectivity index (χ1) is 3.27. The first kappa shape index (κ1) is 11.8. The fourth-order valence-corrected chi connectivity index (χ4v) is 0.496. The van der Waals surface area contributed by atoms with Crippen LogP contribution in [0, 0.1) is 0 Å². The quantitative estimate of drug-likeness (QED) is 0.409. The molecule has 0 aromatic heterocycles. The maximum atomic E-state index is 5.42. The van der Waals surface area contributed by atoms with Crippen LogP contribution in [0.3, 0.4) is 0 Å². The molecule has 0 heterocycles. The third-order valence-electron chi connectivity index (χ3n) is 0.739. The molecule has 0 fully saturated rings. The monoisotopic (exact) mass is 147 g/mol. The lowest BCUT2D eigenvalue weighted by atomic mass is 10.5. The standard InChI is InChI=1S/C5H12ClN.Mg.2H/c1-7(2)5-3-4-6;;;/h3-5H2,1-2H3;;;. The highest BCUT2D eigenvalue weighted by Gasteiger charge is 1.84. The number of hydrogen-bond acceptors (Lipinski definition) is 1. The Morgan fingerprint density at radius 1 is 1.38 bits per heavy atom. The van der Waals surface area contributed by atoms with Gasteiger partial charge in [-0.25, -0.2) is 0 Å². The third kappa shape index (κ3) is 10.1. The van der Waals surface area contributed by atoms with Crippen molar-refractivity contribution in [1.82, 2.24) is 4.90 Å². The molecule has 0 aromatic rings. The van der Waals surface area contributed by atoms with E-state index in [0.29, 0.717) is 0 Å². The molecule has 0 aliphatic carbocycles. The molecule has 0 N–H and O–H groups in total. The van der Waals surface area contributed by atoms with Crippen LogP contribution in [0.2, 0.25) is 0 Å². The van der Waals surface area contributed by atoms with Crippen molar-refractivity contribution >= 4 is 34.7 Å². The van der Waals surface area contributed by atoms with Gasteiger partial charge in [-0.2, -0.15) is 0 Å². The zero-order valence-electron chi connectivity index (χ0n) is 4.95. The maximum Gasteiger partial charge on any atom is 0.316 e. The molecule has 0 saturated heterocycles. The molecule has 0 radical (unpaired) electrons. The zero-order chi connectivity index (χ0) is 5.70. The third-order valence-corrected chi connectivity index (χ3v) is 1.01. The molecule has 0 atom stereocenters. The van der Waals surface area contributed by atoms with Gasteiger partial charge < -0.3 is 4.90 Å². The summed E-state index contributed by atoms with van der Waals surface area (Å²) in [5.41, 5.74) is 0. The molecular weight excluding hydrogens is 134 g/mol. The van der Waals surface area contributed by atoms with Crippen LogP contribution in [0.15, 0.2) is 0 Å². The summed E-state index contributed by atoms with van der Waals surface area (Å²) in [7, 11) is 4.10. The van der Waals surface area contributed by atoms with E-state index in [4.69, 9.17) is 11.6 Å². The Morgan fingerprint density at radius 2 is 1.88 bits per heavy atom. The minimum Gasteiger partial charge on any atom is -0.309 e. The smallest absolute Gasteiger partial charge is 0.309 e. The van der Waals surface area contributed by atoms with Gasteiger partial charge in [0.2, 0.25) is 0 Å². The van der Waals surface area contributed by atoms with Gasteiger partial charge in [-0.15, -0.1) is 11.6 Å². The van der Waals surface area contributed by atoms with E-state index < -0.39 is 0 Å². The lowest BCUT2D eigenvalue weighted by Crippen LogP contribution is -2.12. The number of nitrogens with zero attached hydrogens (tertiary/aromatic N) is 1. The van der Waals surface area contributed by atoms with Crippen LogP contribution in [0.4, 0.5) is 0 Å². The van der Waals surface area contributed by atoms with Crippen LogP contribution in [0.25, 0.3) is 0 Å². The molecule has 0 bridgehead atoms. The second-order valence-electron chi connectivity index (χ2n) is 1.85. The molecule has 0 spiro atoms. The van der Waals surface area contributed by atoms with Crippen molar-refractivity contribution in [3.8, 4) is 0 Å². The lowest BCUT2D eigenvalue weighted by molar-refractivity contribution is 0.409. The number of alkyl halides is 1. The molecule has 0 amide bonds. The second-order valence-corrected chi connectivity index (χ2v) is 2.22. The van der Waals surface area contributed by atoms with Crippen molar-refractivity contribution in [1.29, 1.82) is 0 Å². The summed E-state index contributed by atoms with van der Waals surface area (Å²) in [5.74, 6) is 0.776. The molecule has 0 aliphatic rings. The number of rotatable bonds is 3. The molecule has 8 heavy (non-hydrogen) atoms. The van der Waals surface area contributed by atoms with Crippen LogP contribution in [-0.4, -0.2) is 54.5 Å². The Morgan fingerprint density at radius 3 is 2.00 bits per heavy atom. The maximum absolute atomic E-state index is 5.42. The topological polar surface area (TPSA) is 3.24 Å². The molecule has 0 rings (SSSR count). The van der Waals surface area contributed by atoms with Crippen molar-refractivity contribution in [2.75, 3.05) is 26.5 Å². The van der Waals surface area contributed by atoms with Crippen LogP contribution >= 0.6 is 11.6 Å². The van der Waals surface area contributed by atoms with E-state index in [0.717, 1.165) is 18.8 Å². The van der Waals surface area contributed by atoms with Crippen molar-refractivity contribution in [2.45, 2.75) is 6.42 Å². The molecule has 0 unspecified atom stereocenters. The summed E-state index contributed by atoms with van der Waals surface area (Å²) >= 11 is 5.42. The van der Waals surface area contributed by atoms with Gasteiger partial charge >= 0.3 is 23.1 Å². The van der Waals surface area contributed by atoms with E-state index in [1.54, 1.807) is 0 Å². The Hall–Kier alpha value is 1.02. The highest BCUT2D eigenvalue weighted by molar-refractivity contribution is 6.17. The fraction of sp³-hybridized carbons (Fsp3) is 1.00. The van der Waals surface area contributed by atoms with E-state index >= 15 is 0 Å². The Bertz CT molecular complexity index is 41.4. The van der Waals surface area contributed by atoms with Crippen LogP contribution < -0.4 is 0 Å². The molecule has 1 nitrogen and oxygen atoms in total. The molecule has 0 saturated carbocycles. The predicted octanol–water partition coefficient (Wildman–Crippen LogP) is 0.261. The SMILES string of the molecule is CN(C)CCCCl.[MgH2]. The van der Waals surface area contributed by atoms with Gasteiger partial charge in [-0.05, 0) is 27.1 Å². The minimum atomic E-state index is 0. The molecule has 3 heteroatoms. The largest absolute Gasteiger partial charge is 0.316 e. The van der Waals surface area contributed by atoms with E-state index in [1.165, 1.54) is 0 Å². The van der Waals surface area contributed by atoms with E-state index in [9.17, 15) is 0 Å². The summed E-state index contributed by atoms with van der Waals surface area (Å²) in [5, 5.41) is 0. The number of hydrogen-bond donors (Lipinski definition) is 0. The van der Waals surface area contributed by atoms with Gasteiger partial charge in [0.25, 0.3) is 0 Å². The van der Waals surface area contributed by atoms with Gasteiger partial charge in [0, 0.05) is 5.88 Å². The highest BCUT2D eigenvalue weighted by Crippen LogP contribution is 1.84. The first-order valence-corrected chi connectivity index (χ1v) is 3.01. The van der Waals surface area contributed by atoms with E-state index in [-0.39, 0.29) is 23.1 Å². The van der Waals surface area contributed by atoms with Crippen molar-refractivity contribution in [3.63, 3.8) is 0 Å². The van der Waals surface area contributed by atoms with Gasteiger partial charge in [-0.1, -0.05) is 0 Å². The van der Waals surface area contributed by atoms with E-state index in [1.807, 2.05) is 14.1 Å². The highest BCUT2D eigenvalue weighted by atomic mass is 35.5. The van der Waals surface area contributed by atoms with Gasteiger partial charge in [0.1, 0.15) is 0 Å². The van der Waals surface area contributed by atoms with Crippen molar-refractivity contribution in [3.05, 3.63) is 0 Å². The van der Waals surface area contributed by atoms with Crippen LogP contribution in [0.5, 0.6) is 0 Å². The average molecular weight is 148 g/mol. The summed E-state index contributed by atoms with van der Waals surface area (Å²) in [6.45, 7) is 1.10. The van der Waals surface area contributed by atoms with Crippen molar-refractivity contribution in [2.24, 2.45) is 0 Å². The lowest BCUT2D eigenvalue weighted by Gasteiger charge is -2.05. The summed E-state index contributed by atoms with van der Waals surface area (Å²) in [6.07, 6.45) is 1.09. The predicted molar refractivity (Wildman–Crippen MR) is 42.4 cm³/mol. The van der Waals surface area contributed by atoms with Gasteiger partial charge in [0.15, 0.2) is 0 Å². The number of halogens is 1. The van der Waals surface area contributed by atoms with Crippen LogP contribution in [0.1, 0.15) is 6.42 Å². The van der Waals surface area contributed by atoms with Crippen molar-refractivity contribution < 1.29 is 0 Å². The Kier molecular flexibility index (Phi) is 11.8. The Balaban J connectivity index is 0. The second kappa shape index (κ2) is 8.02. The average Bonchev–Trinajstić information content (AvgIpc) is 1.61. The summed E-state index contributed by atoms with van der Waals surface area (Å²) in [6, 6.07) is 0. The minimum absolute atomic E-state index is 0.